The average molecular weight is 357 g/mol. The van der Waals surface area contributed by atoms with Crippen molar-refractivity contribution in [2.45, 2.75) is 33.2 Å². The molecule has 0 radical (unpaired) electrons. The molecule has 26 heavy (non-hydrogen) atoms. The van der Waals surface area contributed by atoms with Crippen LogP contribution in [0.15, 0.2) is 24.3 Å². The van der Waals surface area contributed by atoms with Gasteiger partial charge in [-0.3, -0.25) is 9.59 Å². The third-order valence-electron chi connectivity index (χ3n) is 4.34. The first-order chi connectivity index (χ1) is 12.5. The third kappa shape index (κ3) is 3.57. The summed E-state index contributed by atoms with van der Waals surface area (Å²) >= 11 is 0. The summed E-state index contributed by atoms with van der Waals surface area (Å²) < 4.78 is 11.5. The molecule has 0 fully saturated rings. The zero-order valence-corrected chi connectivity index (χ0v) is 15.1. The van der Waals surface area contributed by atoms with Crippen LogP contribution in [0, 0.1) is 0 Å². The summed E-state index contributed by atoms with van der Waals surface area (Å²) in [7, 11) is 1.53. The molecule has 0 bridgehead atoms. The topological polar surface area (TPSA) is 92.4 Å². The van der Waals surface area contributed by atoms with E-state index < -0.39 is 0 Å². The van der Waals surface area contributed by atoms with Gasteiger partial charge in [0, 0.05) is 19.7 Å². The van der Waals surface area contributed by atoms with Crippen LogP contribution in [-0.4, -0.2) is 30.4 Å². The molecular weight excluding hydrogens is 334 g/mol. The summed E-state index contributed by atoms with van der Waals surface area (Å²) in [5, 5.41) is 5.26. The highest BCUT2D eigenvalue weighted by atomic mass is 16.5. The van der Waals surface area contributed by atoms with E-state index in [1.807, 2.05) is 26.0 Å². The molecule has 2 heterocycles. The molecule has 2 aromatic rings. The molecule has 1 aromatic heterocycles. The molecule has 0 saturated carbocycles. The highest BCUT2D eigenvalue weighted by molar-refractivity contribution is 5.99. The number of ether oxygens (including phenoxy) is 2. The molecule has 2 amide bonds. The van der Waals surface area contributed by atoms with E-state index >= 15 is 0 Å². The second-order valence-corrected chi connectivity index (χ2v) is 6.14. The van der Waals surface area contributed by atoms with Gasteiger partial charge in [0.1, 0.15) is 17.5 Å². The number of carbonyl (C=O) groups excluding carboxylic acids is 2. The molecule has 1 aliphatic heterocycles. The Morgan fingerprint density at radius 1 is 1.23 bits per heavy atom. The molecule has 7 heteroatoms. The number of benzene rings is 1. The molecule has 0 unspecified atom stereocenters. The second kappa shape index (κ2) is 7.61. The zero-order valence-electron chi connectivity index (χ0n) is 15.1. The largest absolute Gasteiger partial charge is 0.484 e. The Balaban J connectivity index is 1.85. The van der Waals surface area contributed by atoms with Crippen LogP contribution in [0.2, 0.25) is 0 Å². The number of amides is 2. The van der Waals surface area contributed by atoms with E-state index in [1.165, 1.54) is 12.6 Å². The van der Waals surface area contributed by atoms with Crippen LogP contribution >= 0.6 is 0 Å². The van der Waals surface area contributed by atoms with Gasteiger partial charge in [-0.1, -0.05) is 12.1 Å². The SMILES string of the molecule is CCNC(=O)c1cc(O[C@H](C)c2ccc3c(c2)COC3)c(C(=O)NC)[nH]1. The summed E-state index contributed by atoms with van der Waals surface area (Å²) in [4.78, 5) is 27.0. The highest BCUT2D eigenvalue weighted by Crippen LogP contribution is 2.29. The molecule has 1 aliphatic rings. The van der Waals surface area contributed by atoms with Crippen LogP contribution in [-0.2, 0) is 18.0 Å². The fraction of sp³-hybridized carbons (Fsp3) is 0.368. The first kappa shape index (κ1) is 18.0. The fourth-order valence-electron chi connectivity index (χ4n) is 2.90. The number of hydrogen-bond donors (Lipinski definition) is 3. The lowest BCUT2D eigenvalue weighted by Gasteiger charge is -2.16. The summed E-state index contributed by atoms with van der Waals surface area (Å²) in [5.74, 6) is -0.283. The normalized spacial score (nSPS) is 13.8. The number of H-pyrrole nitrogens is 1. The molecule has 7 nitrogen and oxygen atoms in total. The lowest BCUT2D eigenvalue weighted by molar-refractivity contribution is 0.0951. The number of nitrogens with one attached hydrogen (secondary N) is 3. The van der Waals surface area contributed by atoms with Crippen LogP contribution < -0.4 is 15.4 Å². The maximum atomic E-state index is 12.1. The van der Waals surface area contributed by atoms with Gasteiger partial charge in [-0.15, -0.1) is 0 Å². The van der Waals surface area contributed by atoms with E-state index in [0.29, 0.717) is 25.5 Å². The van der Waals surface area contributed by atoms with Gasteiger partial charge in [0.25, 0.3) is 11.8 Å². The van der Waals surface area contributed by atoms with E-state index in [2.05, 4.69) is 21.7 Å². The van der Waals surface area contributed by atoms with E-state index in [0.717, 1.165) is 11.1 Å². The highest BCUT2D eigenvalue weighted by Gasteiger charge is 2.22. The van der Waals surface area contributed by atoms with E-state index in [4.69, 9.17) is 9.47 Å². The van der Waals surface area contributed by atoms with Gasteiger partial charge in [-0.2, -0.15) is 0 Å². The van der Waals surface area contributed by atoms with Gasteiger partial charge in [-0.25, -0.2) is 0 Å². The quantitative estimate of drug-likeness (QED) is 0.740. The number of hydrogen-bond acceptors (Lipinski definition) is 4. The predicted molar refractivity (Wildman–Crippen MR) is 96.2 cm³/mol. The van der Waals surface area contributed by atoms with Gasteiger partial charge < -0.3 is 25.1 Å². The van der Waals surface area contributed by atoms with Crippen molar-refractivity contribution in [2.75, 3.05) is 13.6 Å². The van der Waals surface area contributed by atoms with Crippen molar-refractivity contribution in [3.8, 4) is 5.75 Å². The van der Waals surface area contributed by atoms with Gasteiger partial charge in [0.15, 0.2) is 5.75 Å². The molecule has 0 spiro atoms. The lowest BCUT2D eigenvalue weighted by atomic mass is 10.0. The van der Waals surface area contributed by atoms with E-state index in [-0.39, 0.29) is 29.3 Å². The number of aromatic nitrogens is 1. The van der Waals surface area contributed by atoms with Crippen LogP contribution in [0.5, 0.6) is 5.75 Å². The van der Waals surface area contributed by atoms with Crippen molar-refractivity contribution in [3.05, 3.63) is 52.3 Å². The molecular formula is C19H23N3O4. The maximum Gasteiger partial charge on any atom is 0.271 e. The Bertz CT molecular complexity index is 828. The molecule has 1 aromatic carbocycles. The first-order valence-corrected chi connectivity index (χ1v) is 8.62. The van der Waals surface area contributed by atoms with Crippen molar-refractivity contribution in [1.29, 1.82) is 0 Å². The molecule has 3 rings (SSSR count). The smallest absolute Gasteiger partial charge is 0.271 e. The molecule has 0 saturated heterocycles. The first-order valence-electron chi connectivity index (χ1n) is 8.62. The zero-order chi connectivity index (χ0) is 18.7. The van der Waals surface area contributed by atoms with Crippen LogP contribution in [0.1, 0.15) is 57.6 Å². The Labute approximate surface area is 152 Å². The standard InChI is InChI=1S/C19H23N3O4/c1-4-21-18(23)15-8-16(17(22-15)19(24)20-3)26-11(2)12-5-6-13-9-25-10-14(13)7-12/h5-8,11,22H,4,9-10H2,1-3H3,(H,20,24)(H,21,23)/t11-/m1/s1. The van der Waals surface area contributed by atoms with Crippen molar-refractivity contribution in [3.63, 3.8) is 0 Å². The van der Waals surface area contributed by atoms with Crippen molar-refractivity contribution < 1.29 is 19.1 Å². The van der Waals surface area contributed by atoms with E-state index in [1.54, 1.807) is 6.07 Å². The summed E-state index contributed by atoms with van der Waals surface area (Å²) in [6.45, 7) is 5.47. The van der Waals surface area contributed by atoms with Gasteiger partial charge in [0.2, 0.25) is 0 Å². The molecule has 138 valence electrons. The number of carbonyl (C=O) groups is 2. The Hall–Kier alpha value is -2.80. The summed E-state index contributed by atoms with van der Waals surface area (Å²) in [6, 6.07) is 7.65. The average Bonchev–Trinajstić information content (AvgIpc) is 3.27. The van der Waals surface area contributed by atoms with Crippen molar-refractivity contribution >= 4 is 11.8 Å². The third-order valence-corrected chi connectivity index (χ3v) is 4.34. The lowest BCUT2D eigenvalue weighted by Crippen LogP contribution is -2.23. The van der Waals surface area contributed by atoms with E-state index in [9.17, 15) is 9.59 Å². The van der Waals surface area contributed by atoms with Crippen LogP contribution in [0.25, 0.3) is 0 Å². The summed E-state index contributed by atoms with van der Waals surface area (Å²) in [6.07, 6.45) is -0.290. The van der Waals surface area contributed by atoms with Crippen molar-refractivity contribution in [1.82, 2.24) is 15.6 Å². The monoisotopic (exact) mass is 357 g/mol. The Kier molecular flexibility index (Phi) is 5.27. The molecule has 1 atom stereocenters. The number of aromatic amines is 1. The maximum absolute atomic E-state index is 12.1. The minimum Gasteiger partial charge on any atom is -0.484 e. The Morgan fingerprint density at radius 2 is 2.00 bits per heavy atom. The van der Waals surface area contributed by atoms with Crippen LogP contribution in [0.4, 0.5) is 0 Å². The van der Waals surface area contributed by atoms with Crippen molar-refractivity contribution in [2.24, 2.45) is 0 Å². The molecule has 3 N–H and O–H groups in total. The summed E-state index contributed by atoms with van der Waals surface area (Å²) in [5.41, 5.74) is 3.84. The van der Waals surface area contributed by atoms with Gasteiger partial charge in [-0.05, 0) is 36.6 Å². The number of fused-ring (bicyclic) bond motifs is 1. The van der Waals surface area contributed by atoms with Gasteiger partial charge >= 0.3 is 0 Å². The van der Waals surface area contributed by atoms with Gasteiger partial charge in [0.05, 0.1) is 13.2 Å². The second-order valence-electron chi connectivity index (χ2n) is 6.14. The van der Waals surface area contributed by atoms with Crippen LogP contribution in [0.3, 0.4) is 0 Å². The fourth-order valence-corrected chi connectivity index (χ4v) is 2.90. The minimum absolute atomic E-state index is 0.227. The minimum atomic E-state index is -0.342. The number of rotatable bonds is 6. The predicted octanol–water partition coefficient (Wildman–Crippen LogP) is 2.29. The Morgan fingerprint density at radius 3 is 2.73 bits per heavy atom. The molecule has 0 aliphatic carbocycles.